The number of hydrogen-bond acceptors (Lipinski definition) is 2. The van der Waals surface area contributed by atoms with E-state index in [9.17, 15) is 0 Å². The van der Waals surface area contributed by atoms with E-state index in [1.165, 1.54) is 0 Å². The van der Waals surface area contributed by atoms with Crippen molar-refractivity contribution in [1.29, 1.82) is 0 Å². The fourth-order valence-corrected chi connectivity index (χ4v) is 2.83. The molecule has 1 aliphatic carbocycles. The Morgan fingerprint density at radius 3 is 1.96 bits per heavy atom. The topological polar surface area (TPSA) is 52.0 Å². The monoisotopic (exact) mass is 414 g/mol. The Morgan fingerprint density at radius 1 is 0.857 bits per heavy atom. The molecule has 0 aromatic heterocycles. The van der Waals surface area contributed by atoms with Gasteiger partial charge in [0, 0.05) is 8.64 Å². The van der Waals surface area contributed by atoms with Crippen LogP contribution in [-0.2, 0) is 0 Å². The summed E-state index contributed by atoms with van der Waals surface area (Å²) in [6.45, 7) is 0. The summed E-state index contributed by atoms with van der Waals surface area (Å²) in [5, 5.41) is 1.07. The van der Waals surface area contributed by atoms with Crippen molar-refractivity contribution in [2.45, 2.75) is 12.3 Å². The zero-order valence-electron chi connectivity index (χ0n) is 20.8. The summed E-state index contributed by atoms with van der Waals surface area (Å²) in [5.41, 5.74) is 14.7. The molecule has 0 amide bonds. The van der Waals surface area contributed by atoms with Crippen LogP contribution in [0.25, 0.3) is 11.1 Å². The number of nitrogen functional groups attached to an aromatic ring is 2. The second-order valence-electron chi connectivity index (χ2n) is 5.92. The third kappa shape index (κ3) is 5.19. The number of anilines is 2. The molecule has 0 spiro atoms. The molecule has 1 aliphatic rings. The summed E-state index contributed by atoms with van der Waals surface area (Å²) in [6.07, 6.45) is -1.35. The Labute approximate surface area is 184 Å². The maximum Gasteiger partial charge on any atom is 0.0641 e. The molecule has 0 saturated heterocycles. The first-order valence-corrected chi connectivity index (χ1v) is 9.18. The van der Waals surface area contributed by atoms with Gasteiger partial charge >= 0.3 is 0 Å². The fraction of sp³-hybridized carbons (Fsp3) is 0.0833. The van der Waals surface area contributed by atoms with E-state index in [0.29, 0.717) is 27.0 Å². The number of allylic oxidation sites excluding steroid dienone is 4. The molecule has 4 N–H and O–H groups in total. The summed E-state index contributed by atoms with van der Waals surface area (Å²) in [6, 6.07) is 17.6. The maximum atomic E-state index is 8.33. The molecule has 142 valence electrons. The minimum absolute atomic E-state index is 0.380. The van der Waals surface area contributed by atoms with Gasteiger partial charge in [-0.05, 0) is 47.4 Å². The van der Waals surface area contributed by atoms with Crippen molar-refractivity contribution >= 4 is 34.6 Å². The van der Waals surface area contributed by atoms with Gasteiger partial charge in [0.2, 0.25) is 0 Å². The number of rotatable bonds is 2. The molecule has 4 heteroatoms. The summed E-state index contributed by atoms with van der Waals surface area (Å²) >= 11 is 11.9. The Bertz CT molecular complexity index is 1230. The predicted molar refractivity (Wildman–Crippen MR) is 123 cm³/mol. The smallest absolute Gasteiger partial charge is 0.0641 e. The zero-order chi connectivity index (χ0) is 25.2. The van der Waals surface area contributed by atoms with Crippen LogP contribution in [0.15, 0.2) is 90.9 Å². The van der Waals surface area contributed by atoms with Crippen LogP contribution in [0.5, 0.6) is 0 Å². The van der Waals surface area contributed by atoms with Gasteiger partial charge in [0.05, 0.1) is 26.9 Å². The van der Waals surface area contributed by atoms with Gasteiger partial charge in [0.15, 0.2) is 0 Å². The van der Waals surface area contributed by atoms with Crippen LogP contribution in [0.2, 0.25) is 10.0 Å². The first kappa shape index (κ1) is 13.5. The van der Waals surface area contributed by atoms with Crippen molar-refractivity contribution in [3.63, 3.8) is 0 Å². The van der Waals surface area contributed by atoms with Gasteiger partial charge in [-0.3, -0.25) is 0 Å². The lowest BCUT2D eigenvalue weighted by molar-refractivity contribution is 0.854. The second-order valence-corrected chi connectivity index (χ2v) is 6.73. The van der Waals surface area contributed by atoms with Gasteiger partial charge in [-0.15, -0.1) is 0 Å². The van der Waals surface area contributed by atoms with Crippen molar-refractivity contribution in [3.05, 3.63) is 107 Å². The van der Waals surface area contributed by atoms with E-state index in [0.717, 1.165) is 11.1 Å². The highest BCUT2D eigenvalue weighted by Crippen LogP contribution is 2.30. The van der Waals surface area contributed by atoms with Crippen LogP contribution < -0.4 is 11.5 Å². The molecule has 2 nitrogen and oxygen atoms in total. The molecule has 3 aromatic carbocycles. The molecule has 0 bridgehead atoms. The average molecular weight is 415 g/mol. The average Bonchev–Trinajstić information content (AvgIpc) is 2.84. The van der Waals surface area contributed by atoms with E-state index in [1.807, 2.05) is 12.1 Å². The quantitative estimate of drug-likeness (QED) is 0.438. The van der Waals surface area contributed by atoms with Gasteiger partial charge in [-0.2, -0.15) is 0 Å². The molecule has 0 fully saturated rings. The summed E-state index contributed by atoms with van der Waals surface area (Å²) in [4.78, 5) is 0. The molecule has 2 unspecified atom stereocenters. The van der Waals surface area contributed by atoms with E-state index in [1.54, 1.807) is 54.6 Å². The Balaban J connectivity index is 0.000000192. The van der Waals surface area contributed by atoms with Crippen LogP contribution in [-0.4, -0.2) is 0 Å². The van der Waals surface area contributed by atoms with Gasteiger partial charge in [0.1, 0.15) is 0 Å². The maximum absolute atomic E-state index is 8.33. The van der Waals surface area contributed by atoms with Gasteiger partial charge in [0.25, 0.3) is 0 Å². The lowest BCUT2D eigenvalue weighted by atomic mass is 9.93. The van der Waals surface area contributed by atoms with Crippen LogP contribution in [0.3, 0.4) is 0 Å². The summed E-state index contributed by atoms with van der Waals surface area (Å²) in [5.74, 6) is -1.78. The first-order valence-electron chi connectivity index (χ1n) is 11.5. The molecule has 0 aliphatic heterocycles. The lowest BCUT2D eigenvalue weighted by Gasteiger charge is -2.12. The highest BCUT2D eigenvalue weighted by atomic mass is 35.5. The molecule has 3 aromatic rings. The van der Waals surface area contributed by atoms with Crippen molar-refractivity contribution in [2.75, 3.05) is 11.5 Å². The third-order valence-electron chi connectivity index (χ3n) is 3.97. The second kappa shape index (κ2) is 9.50. The van der Waals surface area contributed by atoms with E-state index in [4.69, 9.17) is 42.9 Å². The minimum Gasteiger partial charge on any atom is -0.398 e. The molecule has 4 rings (SSSR count). The Kier molecular flexibility index (Phi) is 4.57. The minimum atomic E-state index is -1.78. The standard InChI is InChI=1S/C12H10Cl2N2.C12H12/c13-9-5-7(1-3-11(9)15)8-2-4-12(16)10(14)6-8;1-3-7-11(8-4-1)12-9-5-2-6-10-12/h1-6H,15-16H2;1-9,12H,10H2/i;2D,5D,6D,9D,10D,12D. The van der Waals surface area contributed by atoms with Gasteiger partial charge < -0.3 is 11.5 Å². The Morgan fingerprint density at radius 2 is 1.43 bits per heavy atom. The summed E-state index contributed by atoms with van der Waals surface area (Å²) < 4.78 is 46.9. The lowest BCUT2D eigenvalue weighted by Crippen LogP contribution is -1.94. The number of hydrogen-bond donors (Lipinski definition) is 2. The number of nitrogens with two attached hydrogens (primary N) is 2. The molecular weight excluding hydrogens is 387 g/mol. The Hall–Kier alpha value is -2.68. The van der Waals surface area contributed by atoms with Crippen molar-refractivity contribution in [2.24, 2.45) is 0 Å². The molecule has 0 heterocycles. The molecule has 2 atom stereocenters. The van der Waals surface area contributed by atoms with Crippen molar-refractivity contribution < 1.29 is 8.22 Å². The van der Waals surface area contributed by atoms with Crippen LogP contribution in [0.1, 0.15) is 26.1 Å². The molecule has 0 saturated carbocycles. The van der Waals surface area contributed by atoms with Crippen molar-refractivity contribution in [3.8, 4) is 11.1 Å². The van der Waals surface area contributed by atoms with Gasteiger partial charge in [-0.1, -0.05) is 89.9 Å². The fourth-order valence-electron chi connectivity index (χ4n) is 2.47. The first-order chi connectivity index (χ1) is 16.0. The third-order valence-corrected chi connectivity index (χ3v) is 4.62. The summed E-state index contributed by atoms with van der Waals surface area (Å²) in [7, 11) is 0. The van der Waals surface area contributed by atoms with E-state index in [2.05, 4.69) is 0 Å². The predicted octanol–water partition coefficient (Wildman–Crippen LogP) is 7.11. The van der Waals surface area contributed by atoms with Crippen LogP contribution in [0, 0.1) is 0 Å². The molecule has 28 heavy (non-hydrogen) atoms. The highest BCUT2D eigenvalue weighted by molar-refractivity contribution is 6.34. The van der Waals surface area contributed by atoms with Crippen molar-refractivity contribution in [1.82, 2.24) is 0 Å². The zero-order valence-corrected chi connectivity index (χ0v) is 16.4. The van der Waals surface area contributed by atoms with Crippen LogP contribution >= 0.6 is 23.2 Å². The number of benzene rings is 3. The van der Waals surface area contributed by atoms with E-state index >= 15 is 0 Å². The van der Waals surface area contributed by atoms with Crippen LogP contribution in [0.4, 0.5) is 11.4 Å². The van der Waals surface area contributed by atoms with Gasteiger partial charge in [-0.25, -0.2) is 0 Å². The molecule has 0 radical (unpaired) electrons. The van der Waals surface area contributed by atoms with E-state index in [-0.39, 0.29) is 6.05 Å². The highest BCUT2D eigenvalue weighted by Gasteiger charge is 2.06. The number of halogens is 2. The SMILES string of the molecule is Nc1ccc(-c2ccc(N)c(Cl)c2)cc1Cl.[2H]C1=C([2H])C([2H])C([2H])(c2ccccc2)C([2H])=C1[2H]. The van der Waals surface area contributed by atoms with E-state index < -0.39 is 30.4 Å². The largest absolute Gasteiger partial charge is 0.398 e. The normalized spacial score (nSPS) is 24.7. The molecular formula is C24H22Cl2N2.